The largest absolute Gasteiger partial charge is 0.344 e. The van der Waals surface area contributed by atoms with E-state index in [0.717, 1.165) is 24.4 Å². The highest BCUT2D eigenvalue weighted by atomic mass is 16.2. The first-order valence-electron chi connectivity index (χ1n) is 9.83. The molecule has 3 rings (SSSR count). The van der Waals surface area contributed by atoms with Gasteiger partial charge in [-0.1, -0.05) is 24.3 Å². The maximum absolute atomic E-state index is 12.7. The fraction of sp³-hybridized carbons (Fsp3) is 0.500. The summed E-state index contributed by atoms with van der Waals surface area (Å²) in [5.74, 6) is 0.120. The lowest BCUT2D eigenvalue weighted by atomic mass is 9.94. The average molecular weight is 383 g/mol. The van der Waals surface area contributed by atoms with Crippen LogP contribution >= 0.6 is 0 Å². The Bertz CT molecular complexity index is 887. The van der Waals surface area contributed by atoms with Crippen LogP contribution in [0.3, 0.4) is 0 Å². The first kappa shape index (κ1) is 20.3. The molecule has 0 saturated heterocycles. The SMILES string of the molecule is CC(=O)c1c(C)nn(CCC(=O)N(C)C[C@H]2Cc3ccccc3CN2C)c1C. The molecule has 0 N–H and O–H groups in total. The lowest BCUT2D eigenvalue weighted by Gasteiger charge is -2.36. The molecule has 0 aliphatic carbocycles. The van der Waals surface area contributed by atoms with Gasteiger partial charge in [-0.05, 0) is 45.4 Å². The number of Topliss-reactive ketones (excluding diaryl/α,β-unsaturated/α-hetero) is 1. The molecule has 1 aliphatic rings. The Hall–Kier alpha value is -2.47. The van der Waals surface area contributed by atoms with E-state index in [0.29, 0.717) is 31.1 Å². The quantitative estimate of drug-likeness (QED) is 0.721. The zero-order valence-electron chi connectivity index (χ0n) is 17.5. The van der Waals surface area contributed by atoms with E-state index < -0.39 is 0 Å². The molecular formula is C22H30N4O2. The van der Waals surface area contributed by atoms with E-state index in [1.807, 2.05) is 25.8 Å². The van der Waals surface area contributed by atoms with Gasteiger partial charge in [-0.2, -0.15) is 5.10 Å². The number of carbonyl (C=O) groups is 2. The zero-order chi connectivity index (χ0) is 20.4. The average Bonchev–Trinajstić information content (AvgIpc) is 2.93. The normalized spacial score (nSPS) is 16.7. The molecule has 1 aromatic heterocycles. The van der Waals surface area contributed by atoms with Crippen molar-refractivity contribution in [3.05, 3.63) is 52.3 Å². The Balaban J connectivity index is 1.58. The zero-order valence-corrected chi connectivity index (χ0v) is 17.5. The van der Waals surface area contributed by atoms with Crippen LogP contribution in [0, 0.1) is 13.8 Å². The summed E-state index contributed by atoms with van der Waals surface area (Å²) < 4.78 is 1.78. The second kappa shape index (κ2) is 8.27. The number of rotatable bonds is 6. The second-order valence-corrected chi connectivity index (χ2v) is 7.89. The molecule has 6 heteroatoms. The minimum Gasteiger partial charge on any atom is -0.344 e. The van der Waals surface area contributed by atoms with Crippen LogP contribution in [0.4, 0.5) is 0 Å². The number of carbonyl (C=O) groups excluding carboxylic acids is 2. The van der Waals surface area contributed by atoms with E-state index in [1.165, 1.54) is 11.1 Å². The van der Waals surface area contributed by atoms with Crippen LogP contribution in [-0.4, -0.2) is 58.0 Å². The molecule has 1 amide bonds. The molecule has 2 heterocycles. The molecule has 28 heavy (non-hydrogen) atoms. The molecule has 150 valence electrons. The van der Waals surface area contributed by atoms with E-state index in [-0.39, 0.29) is 11.7 Å². The molecule has 0 unspecified atom stereocenters. The molecule has 1 aromatic carbocycles. The van der Waals surface area contributed by atoms with Crippen molar-refractivity contribution in [2.75, 3.05) is 20.6 Å². The van der Waals surface area contributed by atoms with Crippen LogP contribution in [0.15, 0.2) is 24.3 Å². The third-order valence-electron chi connectivity index (χ3n) is 5.80. The van der Waals surface area contributed by atoms with Gasteiger partial charge in [0.25, 0.3) is 0 Å². The van der Waals surface area contributed by atoms with E-state index in [2.05, 4.69) is 41.3 Å². The van der Waals surface area contributed by atoms with Gasteiger partial charge in [-0.3, -0.25) is 19.2 Å². The molecule has 0 radical (unpaired) electrons. The molecular weight excluding hydrogens is 352 g/mol. The summed E-state index contributed by atoms with van der Waals surface area (Å²) in [7, 11) is 4.00. The number of amides is 1. The van der Waals surface area contributed by atoms with Crippen molar-refractivity contribution in [3.63, 3.8) is 0 Å². The maximum Gasteiger partial charge on any atom is 0.224 e. The maximum atomic E-state index is 12.7. The van der Waals surface area contributed by atoms with Crippen molar-refractivity contribution in [2.24, 2.45) is 0 Å². The summed E-state index contributed by atoms with van der Waals surface area (Å²) in [4.78, 5) is 28.6. The van der Waals surface area contributed by atoms with Gasteiger partial charge in [-0.25, -0.2) is 0 Å². The molecule has 1 aliphatic heterocycles. The van der Waals surface area contributed by atoms with E-state index in [1.54, 1.807) is 11.6 Å². The molecule has 0 bridgehead atoms. The monoisotopic (exact) mass is 382 g/mol. The fourth-order valence-electron chi connectivity index (χ4n) is 4.16. The first-order chi connectivity index (χ1) is 13.3. The van der Waals surface area contributed by atoms with Gasteiger partial charge in [0.05, 0.1) is 11.3 Å². The van der Waals surface area contributed by atoms with Crippen LogP contribution in [0.1, 0.15) is 46.2 Å². The van der Waals surface area contributed by atoms with Crippen LogP contribution in [-0.2, 0) is 24.3 Å². The number of fused-ring (bicyclic) bond motifs is 1. The van der Waals surface area contributed by atoms with Gasteiger partial charge in [0, 0.05) is 44.8 Å². The van der Waals surface area contributed by atoms with Crippen molar-refractivity contribution >= 4 is 11.7 Å². The van der Waals surface area contributed by atoms with Gasteiger partial charge < -0.3 is 4.90 Å². The summed E-state index contributed by atoms with van der Waals surface area (Å²) in [5, 5.41) is 4.43. The summed E-state index contributed by atoms with van der Waals surface area (Å²) in [6.45, 7) is 7.40. The third-order valence-corrected chi connectivity index (χ3v) is 5.80. The van der Waals surface area contributed by atoms with Crippen molar-refractivity contribution < 1.29 is 9.59 Å². The molecule has 2 aromatic rings. The lowest BCUT2D eigenvalue weighted by Crippen LogP contribution is -2.46. The third kappa shape index (κ3) is 4.17. The smallest absolute Gasteiger partial charge is 0.224 e. The molecule has 0 saturated carbocycles. The minimum absolute atomic E-state index is 0.0188. The van der Waals surface area contributed by atoms with Crippen molar-refractivity contribution in [3.8, 4) is 0 Å². The highest BCUT2D eigenvalue weighted by Gasteiger charge is 2.25. The number of benzene rings is 1. The fourth-order valence-corrected chi connectivity index (χ4v) is 4.16. The number of hydrogen-bond acceptors (Lipinski definition) is 4. The summed E-state index contributed by atoms with van der Waals surface area (Å²) in [6.07, 6.45) is 1.34. The van der Waals surface area contributed by atoms with Crippen LogP contribution in [0.5, 0.6) is 0 Å². The van der Waals surface area contributed by atoms with Crippen molar-refractivity contribution in [2.45, 2.75) is 52.7 Å². The van der Waals surface area contributed by atoms with E-state index >= 15 is 0 Å². The molecule has 6 nitrogen and oxygen atoms in total. The predicted molar refractivity (Wildman–Crippen MR) is 109 cm³/mol. The molecule has 0 fully saturated rings. The second-order valence-electron chi connectivity index (χ2n) is 7.89. The summed E-state index contributed by atoms with van der Waals surface area (Å²) in [5.41, 5.74) is 4.99. The Morgan fingerprint density at radius 1 is 1.21 bits per heavy atom. The highest BCUT2D eigenvalue weighted by molar-refractivity contribution is 5.96. The Labute approximate surface area is 167 Å². The number of aryl methyl sites for hydroxylation is 2. The van der Waals surface area contributed by atoms with Gasteiger partial charge in [0.15, 0.2) is 5.78 Å². The van der Waals surface area contributed by atoms with Crippen LogP contribution in [0.25, 0.3) is 0 Å². The van der Waals surface area contributed by atoms with Crippen LogP contribution < -0.4 is 0 Å². The van der Waals surface area contributed by atoms with Crippen molar-refractivity contribution in [1.29, 1.82) is 0 Å². The first-order valence-corrected chi connectivity index (χ1v) is 9.83. The Kier molecular flexibility index (Phi) is 5.98. The van der Waals surface area contributed by atoms with Crippen molar-refractivity contribution in [1.82, 2.24) is 19.6 Å². The molecule has 0 spiro atoms. The Morgan fingerprint density at radius 3 is 2.54 bits per heavy atom. The van der Waals surface area contributed by atoms with Gasteiger partial charge in [0.1, 0.15) is 0 Å². The Morgan fingerprint density at radius 2 is 1.89 bits per heavy atom. The summed E-state index contributed by atoms with van der Waals surface area (Å²) >= 11 is 0. The number of nitrogens with zero attached hydrogens (tertiary/aromatic N) is 4. The van der Waals surface area contributed by atoms with Gasteiger partial charge >= 0.3 is 0 Å². The highest BCUT2D eigenvalue weighted by Crippen LogP contribution is 2.22. The standard InChI is InChI=1S/C22H30N4O2/c1-15-22(17(3)27)16(2)26(23-15)11-10-21(28)25(5)14-20-12-18-8-6-7-9-19(18)13-24(20)4/h6-9,20H,10-14H2,1-5H3/t20-/m1/s1. The van der Waals surface area contributed by atoms with Crippen LogP contribution in [0.2, 0.25) is 0 Å². The van der Waals surface area contributed by atoms with E-state index in [9.17, 15) is 9.59 Å². The van der Waals surface area contributed by atoms with Gasteiger partial charge in [-0.15, -0.1) is 0 Å². The van der Waals surface area contributed by atoms with Gasteiger partial charge in [0.2, 0.25) is 5.91 Å². The number of aromatic nitrogens is 2. The minimum atomic E-state index is 0.0188. The number of hydrogen-bond donors (Lipinski definition) is 0. The number of likely N-dealkylation sites (N-methyl/N-ethyl adjacent to an activating group) is 2. The summed E-state index contributed by atoms with van der Waals surface area (Å²) in [6, 6.07) is 8.86. The topological polar surface area (TPSA) is 58.4 Å². The lowest BCUT2D eigenvalue weighted by molar-refractivity contribution is -0.131. The molecule has 1 atom stereocenters. The number of ketones is 1. The predicted octanol–water partition coefficient (Wildman–Crippen LogP) is 2.61. The van der Waals surface area contributed by atoms with E-state index in [4.69, 9.17) is 0 Å².